The summed E-state index contributed by atoms with van der Waals surface area (Å²) >= 11 is 0. The highest BCUT2D eigenvalue weighted by Crippen LogP contribution is 2.34. The average Bonchev–Trinajstić information content (AvgIpc) is 2.70. The minimum Gasteiger partial charge on any atom is -0.339 e. The summed E-state index contributed by atoms with van der Waals surface area (Å²) < 4.78 is 1.81. The third-order valence-electron chi connectivity index (χ3n) is 4.53. The molecule has 1 aromatic heterocycles. The summed E-state index contributed by atoms with van der Waals surface area (Å²) in [5, 5.41) is 2.49. The molecule has 0 unspecified atom stereocenters. The van der Waals surface area contributed by atoms with Gasteiger partial charge in [0.15, 0.2) is 0 Å². The van der Waals surface area contributed by atoms with Gasteiger partial charge in [-0.3, -0.25) is 4.68 Å². The first-order valence-corrected chi connectivity index (χ1v) is 7.93. The number of nitrogen functional groups attached to an aromatic ring is 1. The Hall–Kier alpha value is -1.96. The first-order valence-electron chi connectivity index (χ1n) is 7.93. The Kier molecular flexibility index (Phi) is 3.07. The summed E-state index contributed by atoms with van der Waals surface area (Å²) in [6, 6.07) is 13.3. The lowest BCUT2D eigenvalue weighted by molar-refractivity contribution is 0.590. The van der Waals surface area contributed by atoms with Gasteiger partial charge in [-0.15, -0.1) is 0 Å². The molecule has 2 heteroatoms. The fourth-order valence-electron chi connectivity index (χ4n) is 2.99. The predicted molar refractivity (Wildman–Crippen MR) is 97.0 cm³/mol. The number of nitrogens with zero attached hydrogens (tertiary/aromatic N) is 1. The molecule has 116 valence electrons. The van der Waals surface area contributed by atoms with Crippen LogP contribution in [0.3, 0.4) is 0 Å². The van der Waals surface area contributed by atoms with Crippen LogP contribution in [-0.4, -0.2) is 4.68 Å². The molecule has 0 fully saturated rings. The maximum Gasteiger partial charge on any atom is 0.0703 e. The molecule has 0 saturated carbocycles. The van der Waals surface area contributed by atoms with E-state index in [1.54, 1.807) is 0 Å². The number of nitrogens with two attached hydrogens (primary N) is 1. The van der Waals surface area contributed by atoms with E-state index in [9.17, 15) is 0 Å². The van der Waals surface area contributed by atoms with E-state index in [2.05, 4.69) is 77.9 Å². The second kappa shape index (κ2) is 4.52. The second-order valence-corrected chi connectivity index (χ2v) is 8.33. The Morgan fingerprint density at radius 2 is 1.05 bits per heavy atom. The van der Waals surface area contributed by atoms with Crippen molar-refractivity contribution in [1.29, 1.82) is 0 Å². The average molecular weight is 294 g/mol. The smallest absolute Gasteiger partial charge is 0.0703 e. The number of hydrogen-bond acceptors (Lipinski definition) is 1. The molecule has 0 saturated heterocycles. The van der Waals surface area contributed by atoms with E-state index in [4.69, 9.17) is 5.84 Å². The number of rotatable bonds is 0. The number of benzene rings is 2. The molecule has 1 heterocycles. The van der Waals surface area contributed by atoms with Crippen LogP contribution in [0.2, 0.25) is 0 Å². The molecule has 22 heavy (non-hydrogen) atoms. The van der Waals surface area contributed by atoms with E-state index in [0.717, 1.165) is 11.0 Å². The Morgan fingerprint density at radius 3 is 1.36 bits per heavy atom. The van der Waals surface area contributed by atoms with Gasteiger partial charge in [-0.05, 0) is 46.2 Å². The number of hydrogen-bond donors (Lipinski definition) is 1. The Morgan fingerprint density at radius 1 is 0.682 bits per heavy atom. The summed E-state index contributed by atoms with van der Waals surface area (Å²) in [5.74, 6) is 6.31. The third kappa shape index (κ3) is 2.27. The van der Waals surface area contributed by atoms with Crippen molar-refractivity contribution in [3.05, 3.63) is 47.5 Å². The Balaban J connectivity index is 2.38. The Labute approximate surface area is 132 Å². The molecule has 0 aliphatic rings. The molecule has 0 aliphatic carbocycles. The molecule has 3 aromatic rings. The minimum atomic E-state index is 0.138. The maximum absolute atomic E-state index is 6.31. The van der Waals surface area contributed by atoms with E-state index in [1.165, 1.54) is 21.9 Å². The van der Waals surface area contributed by atoms with Gasteiger partial charge in [-0.2, -0.15) is 0 Å². The normalized spacial score (nSPS) is 13.2. The van der Waals surface area contributed by atoms with Gasteiger partial charge < -0.3 is 5.84 Å². The first-order chi connectivity index (χ1) is 10.1. The number of aromatic nitrogens is 1. The SMILES string of the molecule is CC(C)(C)c1ccc2c(c1)c1cc(C(C)(C)C)ccc1n2N. The largest absolute Gasteiger partial charge is 0.339 e. The van der Waals surface area contributed by atoms with Crippen molar-refractivity contribution in [2.45, 2.75) is 52.4 Å². The zero-order valence-electron chi connectivity index (χ0n) is 14.5. The molecular formula is C20H26N2. The summed E-state index contributed by atoms with van der Waals surface area (Å²) in [4.78, 5) is 0. The van der Waals surface area contributed by atoms with Crippen molar-refractivity contribution in [3.63, 3.8) is 0 Å². The lowest BCUT2D eigenvalue weighted by atomic mass is 9.85. The first kappa shape index (κ1) is 15.0. The minimum absolute atomic E-state index is 0.138. The molecule has 2 aromatic carbocycles. The van der Waals surface area contributed by atoms with Crippen molar-refractivity contribution < 1.29 is 0 Å². The summed E-state index contributed by atoms with van der Waals surface area (Å²) in [7, 11) is 0. The molecule has 0 amide bonds. The van der Waals surface area contributed by atoms with Gasteiger partial charge in [0.25, 0.3) is 0 Å². The van der Waals surface area contributed by atoms with Crippen LogP contribution in [0.1, 0.15) is 52.7 Å². The molecule has 0 bridgehead atoms. The molecule has 0 radical (unpaired) electrons. The van der Waals surface area contributed by atoms with Gasteiger partial charge in [0.2, 0.25) is 0 Å². The quantitative estimate of drug-likeness (QED) is 0.574. The second-order valence-electron chi connectivity index (χ2n) is 8.33. The molecule has 3 rings (SSSR count). The monoisotopic (exact) mass is 294 g/mol. The van der Waals surface area contributed by atoms with E-state index < -0.39 is 0 Å². The van der Waals surface area contributed by atoms with Crippen LogP contribution < -0.4 is 5.84 Å². The van der Waals surface area contributed by atoms with Crippen LogP contribution in [0.15, 0.2) is 36.4 Å². The van der Waals surface area contributed by atoms with E-state index in [-0.39, 0.29) is 10.8 Å². The van der Waals surface area contributed by atoms with E-state index >= 15 is 0 Å². The van der Waals surface area contributed by atoms with Gasteiger partial charge in [-0.25, -0.2) is 0 Å². The van der Waals surface area contributed by atoms with Crippen molar-refractivity contribution in [3.8, 4) is 0 Å². The summed E-state index contributed by atoms with van der Waals surface area (Å²) in [6.45, 7) is 13.5. The van der Waals surface area contributed by atoms with Gasteiger partial charge in [0, 0.05) is 10.8 Å². The van der Waals surface area contributed by atoms with Crippen molar-refractivity contribution in [1.82, 2.24) is 4.68 Å². The summed E-state index contributed by atoms with van der Waals surface area (Å²) in [6.07, 6.45) is 0. The molecular weight excluding hydrogens is 268 g/mol. The van der Waals surface area contributed by atoms with Crippen molar-refractivity contribution in [2.75, 3.05) is 5.84 Å². The van der Waals surface area contributed by atoms with Crippen LogP contribution in [0, 0.1) is 0 Å². The molecule has 0 aliphatic heterocycles. The lowest BCUT2D eigenvalue weighted by Crippen LogP contribution is -2.11. The topological polar surface area (TPSA) is 30.9 Å². The highest BCUT2D eigenvalue weighted by atomic mass is 15.3. The van der Waals surface area contributed by atoms with Crippen LogP contribution >= 0.6 is 0 Å². The van der Waals surface area contributed by atoms with Crippen molar-refractivity contribution in [2.24, 2.45) is 0 Å². The highest BCUT2D eigenvalue weighted by molar-refractivity contribution is 6.08. The standard InChI is InChI=1S/C20H26N2/c1-19(2,3)13-7-9-17-15(11-13)16-12-14(20(4,5)6)8-10-18(16)22(17)21/h7-12H,21H2,1-6H3. The zero-order chi connectivity index (χ0) is 16.3. The Bertz CT molecular complexity index is 784. The highest BCUT2D eigenvalue weighted by Gasteiger charge is 2.19. The molecule has 0 spiro atoms. The van der Waals surface area contributed by atoms with Gasteiger partial charge in [0.1, 0.15) is 0 Å². The van der Waals surface area contributed by atoms with Gasteiger partial charge >= 0.3 is 0 Å². The fourth-order valence-corrected chi connectivity index (χ4v) is 2.99. The molecule has 0 atom stereocenters. The molecule has 2 N–H and O–H groups in total. The van der Waals surface area contributed by atoms with E-state index in [1.807, 2.05) is 4.68 Å². The lowest BCUT2D eigenvalue weighted by Gasteiger charge is -2.19. The number of fused-ring (bicyclic) bond motifs is 3. The molecule has 2 nitrogen and oxygen atoms in total. The van der Waals surface area contributed by atoms with Crippen LogP contribution in [0.25, 0.3) is 21.8 Å². The van der Waals surface area contributed by atoms with Gasteiger partial charge in [-0.1, -0.05) is 53.7 Å². The van der Waals surface area contributed by atoms with Crippen LogP contribution in [0.5, 0.6) is 0 Å². The maximum atomic E-state index is 6.31. The zero-order valence-corrected chi connectivity index (χ0v) is 14.5. The van der Waals surface area contributed by atoms with Crippen LogP contribution in [-0.2, 0) is 10.8 Å². The van der Waals surface area contributed by atoms with Gasteiger partial charge in [0.05, 0.1) is 11.0 Å². The predicted octanol–water partition coefficient (Wildman–Crippen LogP) is 5.10. The third-order valence-corrected chi connectivity index (χ3v) is 4.53. The summed E-state index contributed by atoms with van der Waals surface area (Å²) in [5.41, 5.74) is 5.14. The fraction of sp³-hybridized carbons (Fsp3) is 0.400. The van der Waals surface area contributed by atoms with Crippen molar-refractivity contribution >= 4 is 21.8 Å². The van der Waals surface area contributed by atoms with E-state index in [0.29, 0.717) is 0 Å². The van der Waals surface area contributed by atoms with Crippen LogP contribution in [0.4, 0.5) is 0 Å².